The molecule has 4 aliphatic carbocycles. The molecule has 0 spiro atoms. The summed E-state index contributed by atoms with van der Waals surface area (Å²) in [5, 5.41) is 56.2. The molecule has 0 radical (unpaired) electrons. The van der Waals surface area contributed by atoms with Gasteiger partial charge >= 0.3 is 17.1 Å². The fraction of sp³-hybridized carbons (Fsp3) is 0.316. The average molecular weight is 1280 g/mol. The van der Waals surface area contributed by atoms with Crippen molar-refractivity contribution in [3.63, 3.8) is 0 Å². The standard InChI is InChI=1S/C22H6Br4N8.C10H6Br4.C6N4/c1-31-21(32-2)17(25)13-5-11-12(6-14(13)18(26)22(21,33-3)34-4)16(24)20(9-29,10-30)19(7-27,8-28)15(11)23;11-7-3-1-4-6(10(14)8(4)12)2-5(3)9(7)13;1-9-6(10-2)5(3-7)4-8/h5-6,15-18H;1-2,7-10H;/t15-,16+,17-,18+;7-,8-,9-,10-;/m.1./s1. The molecule has 2 aromatic rings. The molecular weight excluding hydrogens is 1260 g/mol. The Morgan fingerprint density at radius 3 is 0.862 bits per heavy atom. The molecule has 0 saturated carbocycles. The zero-order valence-electron chi connectivity index (χ0n) is 28.3. The molecule has 4 aliphatic rings. The SMILES string of the molecule is Br[C@@H]1c2cc3c(cc2[C@H]1Br)[C@@H](Br)[C@@H]3Br.[C-]#[N+]C([N+]#[C-])=C(C#N)C#N.[C-]#[N+]C1([N+]#[C-])[C@H](Br)c2cc3c(cc2[C@H](Br)C1([N+]#[C-])[N+]#[C-])[C@H](Br)C(C#N)(C#N)C(C#N)(C#N)[C@@H]3Br. The molecule has 0 amide bonds. The van der Waals surface area contributed by atoms with Gasteiger partial charge < -0.3 is 0 Å². The first kappa shape index (κ1) is 46.6. The van der Waals surface area contributed by atoms with Crippen LogP contribution in [0.3, 0.4) is 0 Å². The molecule has 0 saturated heterocycles. The molecule has 280 valence electrons. The quantitative estimate of drug-likeness (QED) is 0.144. The second kappa shape index (κ2) is 17.6. The van der Waals surface area contributed by atoms with Gasteiger partial charge in [-0.3, -0.25) is 0 Å². The fourth-order valence-electron chi connectivity index (χ4n) is 6.78. The molecule has 0 aliphatic heterocycles. The number of fused-ring (bicyclic) bond motifs is 4. The Bertz CT molecular complexity index is 2300. The Hall–Kier alpha value is -4.10. The summed E-state index contributed by atoms with van der Waals surface area (Å²) >= 11 is 28.2. The second-order valence-electron chi connectivity index (χ2n) is 12.4. The summed E-state index contributed by atoms with van der Waals surface area (Å²) in [6, 6.07) is 18.2. The molecule has 8 atom stereocenters. The van der Waals surface area contributed by atoms with Crippen molar-refractivity contribution >= 4 is 127 Å². The largest absolute Gasteiger partial charge is 0.660 e. The normalized spacial score (nSPS) is 26.6. The fourth-order valence-corrected chi connectivity index (χ4v) is 13.3. The van der Waals surface area contributed by atoms with Gasteiger partial charge in [0.25, 0.3) is 0 Å². The minimum Gasteiger partial charge on any atom is -0.224 e. The average Bonchev–Trinajstić information content (AvgIpc) is 3.26. The predicted octanol–water partition coefficient (Wildman–Crippen LogP) is 13.1. The Labute approximate surface area is 400 Å². The van der Waals surface area contributed by atoms with Crippen LogP contribution in [0.15, 0.2) is 35.7 Å². The van der Waals surface area contributed by atoms with Crippen LogP contribution in [0.5, 0.6) is 0 Å². The monoisotopic (exact) mass is 1270 g/mol. The van der Waals surface area contributed by atoms with Gasteiger partial charge in [-0.15, -0.1) is 0 Å². The molecule has 0 fully saturated rings. The van der Waals surface area contributed by atoms with E-state index in [1.54, 1.807) is 12.1 Å². The van der Waals surface area contributed by atoms with Gasteiger partial charge in [-0.25, -0.2) is 45.7 Å². The van der Waals surface area contributed by atoms with E-state index >= 15 is 0 Å². The van der Waals surface area contributed by atoms with Crippen molar-refractivity contribution in [3.8, 4) is 36.4 Å². The maximum Gasteiger partial charge on any atom is 0.660 e. The molecule has 0 heterocycles. The van der Waals surface area contributed by atoms with E-state index in [1.165, 1.54) is 34.4 Å². The summed E-state index contributed by atoms with van der Waals surface area (Å²) in [5.74, 6) is -0.468. The van der Waals surface area contributed by atoms with Crippen molar-refractivity contribution < 1.29 is 0 Å². The van der Waals surface area contributed by atoms with Crippen LogP contribution in [-0.4, -0.2) is 11.3 Å². The van der Waals surface area contributed by atoms with E-state index in [0.717, 1.165) is 0 Å². The summed E-state index contributed by atoms with van der Waals surface area (Å²) < 4.78 is 0. The summed E-state index contributed by atoms with van der Waals surface area (Å²) in [6.07, 6.45) is 0. The lowest BCUT2D eigenvalue weighted by Gasteiger charge is -2.44. The molecule has 0 aromatic heterocycles. The number of rotatable bonds is 0. The minimum absolute atomic E-state index is 0.413. The lowest BCUT2D eigenvalue weighted by atomic mass is 9.56. The molecular formula is C38H12Br8N12. The number of allylic oxidation sites excluding steroid dienone is 1. The van der Waals surface area contributed by atoms with Crippen LogP contribution in [0.4, 0.5) is 0 Å². The van der Waals surface area contributed by atoms with Crippen molar-refractivity contribution in [1.29, 1.82) is 31.6 Å². The number of nitrogens with zero attached hydrogens (tertiary/aromatic N) is 12. The number of hydrogen-bond donors (Lipinski definition) is 0. The zero-order valence-corrected chi connectivity index (χ0v) is 41.0. The first-order valence-corrected chi connectivity index (χ1v) is 22.8. The molecule has 6 rings (SSSR count). The van der Waals surface area contributed by atoms with E-state index < -0.39 is 52.9 Å². The van der Waals surface area contributed by atoms with Gasteiger partial charge in [-0.1, -0.05) is 152 Å². The second-order valence-corrected chi connectivity index (χ2v) is 20.0. The summed E-state index contributed by atoms with van der Waals surface area (Å²) in [4.78, 5) is 16.9. The molecule has 0 unspecified atom stereocenters. The molecule has 2 aromatic carbocycles. The van der Waals surface area contributed by atoms with Gasteiger partial charge in [0.2, 0.25) is 15.2 Å². The highest BCUT2D eigenvalue weighted by Gasteiger charge is 2.90. The van der Waals surface area contributed by atoms with Crippen LogP contribution in [-0.2, 0) is 0 Å². The maximum atomic E-state index is 9.99. The third kappa shape index (κ3) is 6.32. The van der Waals surface area contributed by atoms with Gasteiger partial charge in [0.05, 0.1) is 53.2 Å². The smallest absolute Gasteiger partial charge is 0.224 e. The van der Waals surface area contributed by atoms with Crippen molar-refractivity contribution in [2.75, 3.05) is 0 Å². The Morgan fingerprint density at radius 1 is 0.431 bits per heavy atom. The summed E-state index contributed by atoms with van der Waals surface area (Å²) in [6.45, 7) is 43.7. The van der Waals surface area contributed by atoms with Crippen LogP contribution in [0, 0.1) is 118 Å². The van der Waals surface area contributed by atoms with E-state index in [4.69, 9.17) is 50.0 Å². The van der Waals surface area contributed by atoms with Crippen LogP contribution in [0.1, 0.15) is 83.1 Å². The van der Waals surface area contributed by atoms with E-state index in [9.17, 15) is 21.0 Å². The molecule has 0 bridgehead atoms. The van der Waals surface area contributed by atoms with Crippen molar-refractivity contribution in [1.82, 2.24) is 0 Å². The van der Waals surface area contributed by atoms with E-state index in [-0.39, 0.29) is 0 Å². The number of nitriles is 6. The molecule has 58 heavy (non-hydrogen) atoms. The van der Waals surface area contributed by atoms with Gasteiger partial charge in [0, 0.05) is 0 Å². The third-order valence-corrected chi connectivity index (χ3v) is 20.2. The van der Waals surface area contributed by atoms with Gasteiger partial charge in [0.1, 0.15) is 25.3 Å². The Kier molecular flexibility index (Phi) is 14.2. The summed E-state index contributed by atoms with van der Waals surface area (Å²) in [5.41, 5.74) is -1.43. The van der Waals surface area contributed by atoms with E-state index in [2.05, 4.69) is 169 Å². The topological polar surface area (TPSA) is 169 Å². The number of benzene rings is 2. The van der Waals surface area contributed by atoms with Crippen molar-refractivity contribution in [2.45, 2.75) is 49.9 Å². The van der Waals surface area contributed by atoms with Gasteiger partial charge in [-0.05, 0) is 44.5 Å². The number of hydrogen-bond acceptors (Lipinski definition) is 6. The van der Waals surface area contributed by atoms with Gasteiger partial charge in [-0.2, -0.15) is 41.3 Å². The third-order valence-electron chi connectivity index (χ3n) is 10.0. The predicted molar refractivity (Wildman–Crippen MR) is 237 cm³/mol. The molecule has 20 heteroatoms. The first-order chi connectivity index (χ1) is 27.5. The Morgan fingerprint density at radius 2 is 0.672 bits per heavy atom. The van der Waals surface area contributed by atoms with Crippen LogP contribution in [0.25, 0.3) is 29.1 Å². The highest BCUT2D eigenvalue weighted by molar-refractivity contribution is 9.12. The van der Waals surface area contributed by atoms with Crippen LogP contribution < -0.4 is 0 Å². The first-order valence-electron chi connectivity index (χ1n) is 15.5. The number of halogens is 8. The lowest BCUT2D eigenvalue weighted by Crippen LogP contribution is -2.54. The maximum absolute atomic E-state index is 9.99. The zero-order chi connectivity index (χ0) is 43.7. The Balaban J connectivity index is 0.000000250. The highest BCUT2D eigenvalue weighted by atomic mass is 79.9. The highest BCUT2D eigenvalue weighted by Crippen LogP contribution is 2.68. The number of alkyl halides is 8. The molecule has 0 N–H and O–H groups in total. The van der Waals surface area contributed by atoms with Crippen LogP contribution >= 0.6 is 127 Å². The lowest BCUT2D eigenvalue weighted by molar-refractivity contribution is 0.269. The van der Waals surface area contributed by atoms with E-state index in [0.29, 0.717) is 41.6 Å². The van der Waals surface area contributed by atoms with Gasteiger partial charge in [0.15, 0.2) is 10.8 Å². The van der Waals surface area contributed by atoms with Crippen LogP contribution in [0.2, 0.25) is 0 Å². The summed E-state index contributed by atoms with van der Waals surface area (Å²) in [7, 11) is 0. The molecule has 12 nitrogen and oxygen atoms in total. The van der Waals surface area contributed by atoms with E-state index in [1.807, 2.05) is 24.3 Å². The van der Waals surface area contributed by atoms with Crippen molar-refractivity contribution in [2.24, 2.45) is 10.8 Å². The van der Waals surface area contributed by atoms with Crippen molar-refractivity contribution in [3.05, 3.63) is 149 Å². The minimum atomic E-state index is -2.12.